The lowest BCUT2D eigenvalue weighted by molar-refractivity contribution is 0.0479. The Morgan fingerprint density at radius 3 is 1.50 bits per heavy atom. The molecular weight excluding hydrogens is 279 g/mol. The van der Waals surface area contributed by atoms with Crippen LogP contribution < -0.4 is 0 Å². The lowest BCUT2D eigenvalue weighted by Gasteiger charge is -2.07. The zero-order valence-corrected chi connectivity index (χ0v) is 11.8. The summed E-state index contributed by atoms with van der Waals surface area (Å²) >= 11 is 0. The Bertz CT molecular complexity index is 356. The van der Waals surface area contributed by atoms with Crippen molar-refractivity contribution in [2.45, 2.75) is 13.8 Å². The van der Waals surface area contributed by atoms with E-state index in [1.165, 1.54) is 0 Å². The van der Waals surface area contributed by atoms with Gasteiger partial charge in [0.15, 0.2) is 0 Å². The van der Waals surface area contributed by atoms with Crippen LogP contribution in [0.5, 0.6) is 0 Å². The molecule has 0 N–H and O–H groups in total. The van der Waals surface area contributed by atoms with E-state index in [-0.39, 0.29) is 49.2 Å². The van der Waals surface area contributed by atoms with E-state index < -0.39 is 11.9 Å². The van der Waals surface area contributed by atoms with Crippen LogP contribution in [0.2, 0.25) is 0 Å². The molecule has 4 nitrogen and oxygen atoms in total. The first-order valence-electron chi connectivity index (χ1n) is 5.14. The molecule has 0 fully saturated rings. The molecule has 0 saturated carbocycles. The molecule has 18 heavy (non-hydrogen) atoms. The number of hydrogen-bond donors (Lipinski definition) is 0. The Morgan fingerprint density at radius 1 is 0.889 bits per heavy atom. The van der Waals surface area contributed by atoms with Gasteiger partial charge in [0.2, 0.25) is 0 Å². The maximum atomic E-state index is 11.5. The number of rotatable bonds is 4. The third-order valence-electron chi connectivity index (χ3n) is 1.92. The highest BCUT2D eigenvalue weighted by molar-refractivity contribution is 6.03. The van der Waals surface area contributed by atoms with Gasteiger partial charge in [-0.05, 0) is 26.0 Å². The first-order chi connectivity index (χ1) is 7.70. The third kappa shape index (κ3) is 4.94. The number of halogens is 2. The molecule has 102 valence electrons. The number of hydrogen-bond acceptors (Lipinski definition) is 4. The van der Waals surface area contributed by atoms with Gasteiger partial charge in [-0.25, -0.2) is 9.59 Å². The van der Waals surface area contributed by atoms with Crippen molar-refractivity contribution in [3.05, 3.63) is 35.4 Å². The average molecular weight is 295 g/mol. The van der Waals surface area contributed by atoms with Crippen molar-refractivity contribution in [1.82, 2.24) is 0 Å². The summed E-state index contributed by atoms with van der Waals surface area (Å²) in [5.74, 6) is -1.02. The van der Waals surface area contributed by atoms with E-state index in [0.29, 0.717) is 0 Å². The molecule has 0 heterocycles. The monoisotopic (exact) mass is 294 g/mol. The van der Waals surface area contributed by atoms with Crippen LogP contribution in [0.25, 0.3) is 0 Å². The number of carbonyl (C=O) groups is 2. The van der Waals surface area contributed by atoms with Crippen molar-refractivity contribution in [1.29, 1.82) is 0 Å². The Balaban J connectivity index is 0. The second-order valence-electron chi connectivity index (χ2n) is 2.99. The molecule has 0 aliphatic carbocycles. The topological polar surface area (TPSA) is 52.6 Å². The Morgan fingerprint density at radius 2 is 1.22 bits per heavy atom. The number of benzene rings is 1. The smallest absolute Gasteiger partial charge is 0.338 e. The summed E-state index contributed by atoms with van der Waals surface area (Å²) in [6.07, 6.45) is 0. The van der Waals surface area contributed by atoms with E-state index in [9.17, 15) is 9.59 Å². The molecule has 0 aromatic heterocycles. The quantitative estimate of drug-likeness (QED) is 0.801. The molecule has 0 saturated heterocycles. The standard InChI is InChI=1S/C12H14O4.2ClH/c1-3-15-11(13)9-7-5-6-8-10(9)12(14)16-4-2;;/h5-8H,3-4H2,1-2H3;2*1H. The van der Waals surface area contributed by atoms with Crippen molar-refractivity contribution in [3.8, 4) is 0 Å². The second-order valence-corrected chi connectivity index (χ2v) is 2.99. The second kappa shape index (κ2) is 9.74. The summed E-state index contributed by atoms with van der Waals surface area (Å²) in [6, 6.07) is 6.44. The summed E-state index contributed by atoms with van der Waals surface area (Å²) < 4.78 is 9.70. The maximum absolute atomic E-state index is 11.5. The minimum Gasteiger partial charge on any atom is -0.462 e. The van der Waals surface area contributed by atoms with Crippen LogP contribution in [0.15, 0.2) is 24.3 Å². The third-order valence-corrected chi connectivity index (χ3v) is 1.92. The van der Waals surface area contributed by atoms with E-state index in [4.69, 9.17) is 9.47 Å². The van der Waals surface area contributed by atoms with Gasteiger partial charge in [-0.2, -0.15) is 0 Å². The van der Waals surface area contributed by atoms with Crippen LogP contribution in [0.4, 0.5) is 0 Å². The molecule has 0 atom stereocenters. The largest absolute Gasteiger partial charge is 0.462 e. The number of esters is 2. The highest BCUT2D eigenvalue weighted by atomic mass is 35.5. The van der Waals surface area contributed by atoms with Gasteiger partial charge in [-0.15, -0.1) is 24.8 Å². The van der Waals surface area contributed by atoms with Gasteiger partial charge in [0, 0.05) is 0 Å². The Hall–Kier alpha value is -1.26. The number of ether oxygens (including phenoxy) is 2. The molecular formula is C12H16Cl2O4. The highest BCUT2D eigenvalue weighted by Gasteiger charge is 2.17. The fraction of sp³-hybridized carbons (Fsp3) is 0.333. The van der Waals surface area contributed by atoms with Crippen LogP contribution in [-0.2, 0) is 9.47 Å². The lowest BCUT2D eigenvalue weighted by atomic mass is 10.1. The summed E-state index contributed by atoms with van der Waals surface area (Å²) in [5.41, 5.74) is 0.477. The van der Waals surface area contributed by atoms with Gasteiger partial charge in [-0.3, -0.25) is 0 Å². The Kier molecular flexibility index (Phi) is 10.3. The van der Waals surface area contributed by atoms with Gasteiger partial charge < -0.3 is 9.47 Å². The van der Waals surface area contributed by atoms with Crippen LogP contribution in [0.1, 0.15) is 34.6 Å². The normalized spacial score (nSPS) is 8.56. The van der Waals surface area contributed by atoms with E-state index in [0.717, 1.165) is 0 Å². The molecule has 0 aliphatic rings. The predicted octanol–water partition coefficient (Wildman–Crippen LogP) is 2.88. The molecule has 6 heteroatoms. The van der Waals surface area contributed by atoms with Crippen LogP contribution in [0.3, 0.4) is 0 Å². The van der Waals surface area contributed by atoms with E-state index in [2.05, 4.69) is 0 Å². The van der Waals surface area contributed by atoms with Gasteiger partial charge in [0.05, 0.1) is 24.3 Å². The van der Waals surface area contributed by atoms with Crippen molar-refractivity contribution in [2.75, 3.05) is 13.2 Å². The first kappa shape index (κ1) is 19.1. The van der Waals surface area contributed by atoms with E-state index >= 15 is 0 Å². The van der Waals surface area contributed by atoms with Crippen molar-refractivity contribution >= 4 is 36.8 Å². The zero-order chi connectivity index (χ0) is 12.0. The molecule has 0 unspecified atom stereocenters. The SMILES string of the molecule is CCOC(=O)c1ccccc1C(=O)OCC.Cl.Cl. The van der Waals surface area contributed by atoms with Crippen molar-refractivity contribution in [3.63, 3.8) is 0 Å². The van der Waals surface area contributed by atoms with Crippen LogP contribution in [0, 0.1) is 0 Å². The van der Waals surface area contributed by atoms with E-state index in [1.807, 2.05) is 0 Å². The van der Waals surface area contributed by atoms with Gasteiger partial charge in [-0.1, -0.05) is 12.1 Å². The molecule has 0 spiro atoms. The molecule has 1 aromatic carbocycles. The van der Waals surface area contributed by atoms with Crippen LogP contribution in [-0.4, -0.2) is 25.2 Å². The molecule has 1 rings (SSSR count). The minimum atomic E-state index is -0.508. The minimum absolute atomic E-state index is 0. The van der Waals surface area contributed by atoms with Gasteiger partial charge >= 0.3 is 11.9 Å². The van der Waals surface area contributed by atoms with Gasteiger partial charge in [0.25, 0.3) is 0 Å². The Labute approximate surface area is 118 Å². The van der Waals surface area contributed by atoms with E-state index in [1.54, 1.807) is 38.1 Å². The van der Waals surface area contributed by atoms with Crippen LogP contribution >= 0.6 is 24.8 Å². The lowest BCUT2D eigenvalue weighted by Crippen LogP contribution is -2.13. The number of carbonyl (C=O) groups excluding carboxylic acids is 2. The van der Waals surface area contributed by atoms with Crippen molar-refractivity contribution < 1.29 is 19.1 Å². The fourth-order valence-corrected chi connectivity index (χ4v) is 1.26. The highest BCUT2D eigenvalue weighted by Crippen LogP contribution is 2.11. The summed E-state index contributed by atoms with van der Waals surface area (Å²) in [7, 11) is 0. The predicted molar refractivity (Wildman–Crippen MR) is 72.9 cm³/mol. The summed E-state index contributed by atoms with van der Waals surface area (Å²) in [4.78, 5) is 23.1. The maximum Gasteiger partial charge on any atom is 0.338 e. The molecule has 0 aliphatic heterocycles. The van der Waals surface area contributed by atoms with Gasteiger partial charge in [0.1, 0.15) is 0 Å². The molecule has 1 aromatic rings. The fourth-order valence-electron chi connectivity index (χ4n) is 1.26. The molecule has 0 bridgehead atoms. The van der Waals surface area contributed by atoms with Crippen molar-refractivity contribution in [2.24, 2.45) is 0 Å². The first-order valence-corrected chi connectivity index (χ1v) is 5.14. The average Bonchev–Trinajstić information content (AvgIpc) is 2.30. The summed E-state index contributed by atoms with van der Waals surface area (Å²) in [6.45, 7) is 3.97. The zero-order valence-electron chi connectivity index (χ0n) is 10.2. The molecule has 0 radical (unpaired) electrons. The summed E-state index contributed by atoms with van der Waals surface area (Å²) in [5, 5.41) is 0. The molecule has 0 amide bonds.